The molecule has 0 aliphatic heterocycles. The Hall–Kier alpha value is -0.530. The van der Waals surface area contributed by atoms with E-state index in [-0.39, 0.29) is 0 Å². The van der Waals surface area contributed by atoms with Gasteiger partial charge in [0.25, 0.3) is 0 Å². The first-order valence-corrected chi connectivity index (χ1v) is 4.38. The van der Waals surface area contributed by atoms with Gasteiger partial charge in [0.05, 0.1) is 5.71 Å². The van der Waals surface area contributed by atoms with E-state index in [9.17, 15) is 0 Å². The van der Waals surface area contributed by atoms with Gasteiger partial charge in [-0.1, -0.05) is 31.3 Å². The molecule has 0 bridgehead atoms. The summed E-state index contributed by atoms with van der Waals surface area (Å²) >= 11 is 0. The molecule has 0 aliphatic carbocycles. The fourth-order valence-electron chi connectivity index (χ4n) is 1.01. The second kappa shape index (κ2) is 7.58. The first-order valence-electron chi connectivity index (χ1n) is 4.38. The van der Waals surface area contributed by atoms with Crippen LogP contribution in [-0.2, 0) is 4.84 Å². The molecule has 66 valence electrons. The fourth-order valence-corrected chi connectivity index (χ4v) is 1.01. The molecule has 0 aliphatic rings. The van der Waals surface area contributed by atoms with Gasteiger partial charge in [-0.25, -0.2) is 0 Å². The van der Waals surface area contributed by atoms with Crippen molar-refractivity contribution >= 4 is 5.71 Å². The van der Waals surface area contributed by atoms with Crippen molar-refractivity contribution in [3.63, 3.8) is 0 Å². The Morgan fingerprint density at radius 1 is 1.27 bits per heavy atom. The van der Waals surface area contributed by atoms with Gasteiger partial charge in [-0.2, -0.15) is 0 Å². The molecule has 0 aromatic carbocycles. The Labute approximate surface area is 69.6 Å². The number of nitrogens with zero attached hydrogens (tertiary/aromatic N) is 1. The van der Waals surface area contributed by atoms with Crippen molar-refractivity contribution < 1.29 is 4.84 Å². The van der Waals surface area contributed by atoms with Crippen LogP contribution < -0.4 is 0 Å². The lowest BCUT2D eigenvalue weighted by molar-refractivity contribution is 0.212. The summed E-state index contributed by atoms with van der Waals surface area (Å²) in [4.78, 5) is 4.65. The lowest BCUT2D eigenvalue weighted by Gasteiger charge is -1.98. The van der Waals surface area contributed by atoms with Crippen molar-refractivity contribution in [2.75, 3.05) is 7.11 Å². The zero-order valence-electron chi connectivity index (χ0n) is 7.89. The smallest absolute Gasteiger partial charge is 0.106 e. The lowest BCUT2D eigenvalue weighted by Crippen LogP contribution is -1.91. The Morgan fingerprint density at radius 2 is 2.00 bits per heavy atom. The Kier molecular flexibility index (Phi) is 7.21. The van der Waals surface area contributed by atoms with Gasteiger partial charge < -0.3 is 4.84 Å². The normalized spacial score (nSPS) is 11.7. The minimum atomic E-state index is 1.08. The number of hydrogen-bond donors (Lipinski definition) is 0. The molecule has 0 atom stereocenters. The van der Waals surface area contributed by atoms with Crippen LogP contribution in [-0.4, -0.2) is 12.8 Å². The highest BCUT2D eigenvalue weighted by atomic mass is 16.6. The summed E-state index contributed by atoms with van der Waals surface area (Å²) in [6, 6.07) is 0. The zero-order valence-corrected chi connectivity index (χ0v) is 7.89. The van der Waals surface area contributed by atoms with E-state index in [1.165, 1.54) is 25.7 Å². The molecule has 0 saturated carbocycles. The van der Waals surface area contributed by atoms with Crippen molar-refractivity contribution in [1.29, 1.82) is 0 Å². The third kappa shape index (κ3) is 7.37. The lowest BCUT2D eigenvalue weighted by atomic mass is 10.1. The van der Waals surface area contributed by atoms with E-state index in [0.717, 1.165) is 12.1 Å². The molecule has 2 nitrogen and oxygen atoms in total. The maximum Gasteiger partial charge on any atom is 0.106 e. The van der Waals surface area contributed by atoms with Crippen molar-refractivity contribution in [3.05, 3.63) is 0 Å². The quantitative estimate of drug-likeness (QED) is 0.330. The number of rotatable bonds is 6. The third-order valence-corrected chi connectivity index (χ3v) is 1.64. The first kappa shape index (κ1) is 10.5. The molecule has 0 fully saturated rings. The van der Waals surface area contributed by atoms with Crippen molar-refractivity contribution in [3.8, 4) is 0 Å². The minimum Gasteiger partial charge on any atom is -0.399 e. The predicted molar refractivity (Wildman–Crippen MR) is 48.9 cm³/mol. The van der Waals surface area contributed by atoms with Gasteiger partial charge in [0.1, 0.15) is 7.11 Å². The van der Waals surface area contributed by atoms with Crippen LogP contribution in [0.2, 0.25) is 0 Å². The molecule has 11 heavy (non-hydrogen) atoms. The molecular formula is C9H19NO. The van der Waals surface area contributed by atoms with E-state index in [0.29, 0.717) is 0 Å². The Bertz CT molecular complexity index is 110. The summed E-state index contributed by atoms with van der Waals surface area (Å²) in [5, 5.41) is 3.84. The first-order chi connectivity index (χ1) is 5.31. The van der Waals surface area contributed by atoms with Crippen molar-refractivity contribution in [2.45, 2.75) is 46.0 Å². The SMILES string of the molecule is CCCCCC/C(C)=N\OC. The van der Waals surface area contributed by atoms with E-state index in [2.05, 4.69) is 16.9 Å². The second-order valence-electron chi connectivity index (χ2n) is 2.82. The summed E-state index contributed by atoms with van der Waals surface area (Å²) in [7, 11) is 1.59. The van der Waals surface area contributed by atoms with Crippen LogP contribution in [0.15, 0.2) is 5.16 Å². The van der Waals surface area contributed by atoms with E-state index in [1.807, 2.05) is 6.92 Å². The maximum atomic E-state index is 4.65. The van der Waals surface area contributed by atoms with Crippen LogP contribution in [0.5, 0.6) is 0 Å². The summed E-state index contributed by atoms with van der Waals surface area (Å²) in [6.07, 6.45) is 6.26. The van der Waals surface area contributed by atoms with E-state index in [1.54, 1.807) is 7.11 Å². The molecule has 0 radical (unpaired) electrons. The third-order valence-electron chi connectivity index (χ3n) is 1.64. The highest BCUT2D eigenvalue weighted by molar-refractivity contribution is 5.81. The van der Waals surface area contributed by atoms with Gasteiger partial charge in [0.15, 0.2) is 0 Å². The van der Waals surface area contributed by atoms with Crippen LogP contribution >= 0.6 is 0 Å². The van der Waals surface area contributed by atoms with Gasteiger partial charge >= 0.3 is 0 Å². The highest BCUT2D eigenvalue weighted by Crippen LogP contribution is 2.03. The monoisotopic (exact) mass is 157 g/mol. The number of oxime groups is 1. The van der Waals surface area contributed by atoms with Gasteiger partial charge in [-0.3, -0.25) is 0 Å². The molecule has 0 N–H and O–H groups in total. The maximum absolute atomic E-state index is 4.65. The molecule has 0 heterocycles. The van der Waals surface area contributed by atoms with Gasteiger partial charge in [-0.15, -0.1) is 0 Å². The molecule has 0 rings (SSSR count). The van der Waals surface area contributed by atoms with Crippen LogP contribution in [0.3, 0.4) is 0 Å². The average Bonchev–Trinajstić information content (AvgIpc) is 1.99. The number of hydrogen-bond acceptors (Lipinski definition) is 2. The summed E-state index contributed by atoms with van der Waals surface area (Å²) < 4.78 is 0. The Morgan fingerprint density at radius 3 is 2.55 bits per heavy atom. The standard InChI is InChI=1S/C9H19NO/c1-4-5-6-7-8-9(2)10-11-3/h4-8H2,1-3H3/b10-9-. The van der Waals surface area contributed by atoms with Crippen LogP contribution in [0.4, 0.5) is 0 Å². The zero-order chi connectivity index (χ0) is 8.53. The molecule has 0 spiro atoms. The molecule has 2 heteroatoms. The summed E-state index contributed by atoms with van der Waals surface area (Å²) in [5.41, 5.74) is 1.10. The van der Waals surface area contributed by atoms with Crippen LogP contribution in [0.25, 0.3) is 0 Å². The van der Waals surface area contributed by atoms with Gasteiger partial charge in [0, 0.05) is 0 Å². The minimum absolute atomic E-state index is 1.08. The molecule has 0 amide bonds. The fraction of sp³-hybridized carbons (Fsp3) is 0.889. The predicted octanol–water partition coefficient (Wildman–Crippen LogP) is 2.98. The van der Waals surface area contributed by atoms with E-state index < -0.39 is 0 Å². The van der Waals surface area contributed by atoms with Crippen LogP contribution in [0, 0.1) is 0 Å². The second-order valence-corrected chi connectivity index (χ2v) is 2.82. The van der Waals surface area contributed by atoms with Crippen molar-refractivity contribution in [2.24, 2.45) is 5.16 Å². The topological polar surface area (TPSA) is 21.6 Å². The average molecular weight is 157 g/mol. The number of unbranched alkanes of at least 4 members (excludes halogenated alkanes) is 3. The highest BCUT2D eigenvalue weighted by Gasteiger charge is 1.91. The molecule has 0 saturated heterocycles. The Balaban J connectivity index is 3.17. The molecule has 0 aromatic rings. The molecule has 0 unspecified atom stereocenters. The summed E-state index contributed by atoms with van der Waals surface area (Å²) in [5.74, 6) is 0. The van der Waals surface area contributed by atoms with Gasteiger partial charge in [-0.05, 0) is 19.8 Å². The molecule has 0 aromatic heterocycles. The van der Waals surface area contributed by atoms with Crippen molar-refractivity contribution in [1.82, 2.24) is 0 Å². The van der Waals surface area contributed by atoms with E-state index >= 15 is 0 Å². The largest absolute Gasteiger partial charge is 0.399 e. The molecular weight excluding hydrogens is 138 g/mol. The van der Waals surface area contributed by atoms with E-state index in [4.69, 9.17) is 0 Å². The van der Waals surface area contributed by atoms with Crippen LogP contribution in [0.1, 0.15) is 46.0 Å². The summed E-state index contributed by atoms with van der Waals surface area (Å²) in [6.45, 7) is 4.23. The van der Waals surface area contributed by atoms with Gasteiger partial charge in [0.2, 0.25) is 0 Å².